The SMILES string of the molecule is COc1ccc(C=NNc2nc(-c3ccccc3)cc(=O)[nH]2)cc1. The van der Waals surface area contributed by atoms with E-state index < -0.39 is 0 Å². The number of benzene rings is 2. The summed E-state index contributed by atoms with van der Waals surface area (Å²) in [6.45, 7) is 0. The molecule has 24 heavy (non-hydrogen) atoms. The van der Waals surface area contributed by atoms with Gasteiger partial charge in [0, 0.05) is 11.6 Å². The van der Waals surface area contributed by atoms with E-state index in [1.54, 1.807) is 13.3 Å². The van der Waals surface area contributed by atoms with Crippen molar-refractivity contribution < 1.29 is 4.74 Å². The maximum absolute atomic E-state index is 11.8. The van der Waals surface area contributed by atoms with Gasteiger partial charge in [0.05, 0.1) is 19.0 Å². The van der Waals surface area contributed by atoms with Crippen LogP contribution in [0.15, 0.2) is 70.6 Å². The molecule has 0 bridgehead atoms. The number of methoxy groups -OCH3 is 1. The van der Waals surface area contributed by atoms with Gasteiger partial charge in [0.15, 0.2) is 0 Å². The van der Waals surface area contributed by atoms with Crippen LogP contribution in [0.5, 0.6) is 5.75 Å². The van der Waals surface area contributed by atoms with Crippen LogP contribution in [-0.4, -0.2) is 23.3 Å². The highest BCUT2D eigenvalue weighted by atomic mass is 16.5. The molecule has 0 aliphatic heterocycles. The molecule has 0 radical (unpaired) electrons. The van der Waals surface area contributed by atoms with Crippen LogP contribution in [0.3, 0.4) is 0 Å². The lowest BCUT2D eigenvalue weighted by Gasteiger charge is -2.03. The highest BCUT2D eigenvalue weighted by Gasteiger charge is 2.02. The summed E-state index contributed by atoms with van der Waals surface area (Å²) in [4.78, 5) is 18.8. The minimum absolute atomic E-state index is 0.244. The van der Waals surface area contributed by atoms with Crippen LogP contribution in [0.2, 0.25) is 0 Å². The first-order valence-corrected chi connectivity index (χ1v) is 7.34. The lowest BCUT2D eigenvalue weighted by molar-refractivity contribution is 0.415. The van der Waals surface area contributed by atoms with Gasteiger partial charge >= 0.3 is 0 Å². The Morgan fingerprint density at radius 1 is 1.12 bits per heavy atom. The van der Waals surface area contributed by atoms with Crippen molar-refractivity contribution >= 4 is 12.2 Å². The van der Waals surface area contributed by atoms with E-state index >= 15 is 0 Å². The molecule has 2 N–H and O–H groups in total. The number of anilines is 1. The third-order valence-corrected chi connectivity index (χ3v) is 3.31. The van der Waals surface area contributed by atoms with E-state index in [4.69, 9.17) is 4.74 Å². The van der Waals surface area contributed by atoms with Crippen molar-refractivity contribution in [3.05, 3.63) is 76.6 Å². The minimum Gasteiger partial charge on any atom is -0.497 e. The Balaban J connectivity index is 1.76. The zero-order valence-corrected chi connectivity index (χ0v) is 13.1. The predicted octanol–water partition coefficient (Wildman–Crippen LogP) is 2.89. The van der Waals surface area contributed by atoms with Crippen LogP contribution in [-0.2, 0) is 0 Å². The van der Waals surface area contributed by atoms with E-state index in [1.165, 1.54) is 6.07 Å². The quantitative estimate of drug-likeness (QED) is 0.559. The number of rotatable bonds is 5. The summed E-state index contributed by atoms with van der Waals surface area (Å²) in [5.41, 5.74) is 4.84. The van der Waals surface area contributed by atoms with Crippen LogP contribution in [0.1, 0.15) is 5.56 Å². The number of H-pyrrole nitrogens is 1. The van der Waals surface area contributed by atoms with E-state index in [-0.39, 0.29) is 11.5 Å². The molecule has 0 spiro atoms. The number of aromatic nitrogens is 2. The fourth-order valence-electron chi connectivity index (χ4n) is 2.13. The lowest BCUT2D eigenvalue weighted by atomic mass is 10.1. The molecule has 1 aromatic heterocycles. The molecule has 3 aromatic rings. The van der Waals surface area contributed by atoms with Gasteiger partial charge in [-0.25, -0.2) is 10.4 Å². The van der Waals surface area contributed by atoms with E-state index in [0.29, 0.717) is 5.69 Å². The second-order valence-electron chi connectivity index (χ2n) is 4.99. The summed E-state index contributed by atoms with van der Waals surface area (Å²) >= 11 is 0. The number of nitrogens with zero attached hydrogens (tertiary/aromatic N) is 2. The van der Waals surface area contributed by atoms with Crippen LogP contribution in [0.25, 0.3) is 11.3 Å². The van der Waals surface area contributed by atoms with E-state index in [0.717, 1.165) is 16.9 Å². The predicted molar refractivity (Wildman–Crippen MR) is 94.5 cm³/mol. The molecule has 0 aliphatic rings. The lowest BCUT2D eigenvalue weighted by Crippen LogP contribution is -2.10. The fourth-order valence-corrected chi connectivity index (χ4v) is 2.13. The number of aromatic amines is 1. The van der Waals surface area contributed by atoms with Gasteiger partial charge in [0.1, 0.15) is 5.75 Å². The second-order valence-corrected chi connectivity index (χ2v) is 4.99. The highest BCUT2D eigenvalue weighted by Crippen LogP contribution is 2.15. The average Bonchev–Trinajstić information content (AvgIpc) is 2.63. The first-order chi connectivity index (χ1) is 11.7. The van der Waals surface area contributed by atoms with Crippen molar-refractivity contribution in [1.29, 1.82) is 0 Å². The standard InChI is InChI=1S/C18H16N4O2/c1-24-15-9-7-13(8-10-15)12-19-22-18-20-16(11-17(23)21-18)14-5-3-2-4-6-14/h2-12H,1H3,(H2,20,21,22,23). The summed E-state index contributed by atoms with van der Waals surface area (Å²) < 4.78 is 5.10. The number of hydrogen-bond acceptors (Lipinski definition) is 5. The van der Waals surface area contributed by atoms with Gasteiger partial charge in [-0.05, 0) is 29.8 Å². The molecule has 0 aliphatic carbocycles. The molecular weight excluding hydrogens is 304 g/mol. The van der Waals surface area contributed by atoms with Crippen molar-refractivity contribution in [2.75, 3.05) is 12.5 Å². The van der Waals surface area contributed by atoms with Gasteiger partial charge in [-0.2, -0.15) is 5.10 Å². The third kappa shape index (κ3) is 3.86. The molecule has 0 saturated carbocycles. The Kier molecular flexibility index (Phi) is 4.67. The van der Waals surface area contributed by atoms with Crippen molar-refractivity contribution in [3.8, 4) is 17.0 Å². The molecule has 6 heteroatoms. The van der Waals surface area contributed by atoms with Gasteiger partial charge in [-0.15, -0.1) is 0 Å². The summed E-state index contributed by atoms with van der Waals surface area (Å²) in [5.74, 6) is 1.06. The third-order valence-electron chi connectivity index (χ3n) is 3.31. The number of ether oxygens (including phenoxy) is 1. The van der Waals surface area contributed by atoms with Crippen LogP contribution >= 0.6 is 0 Å². The molecule has 120 valence electrons. The second kappa shape index (κ2) is 7.23. The van der Waals surface area contributed by atoms with Gasteiger partial charge in [0.25, 0.3) is 5.56 Å². The van der Waals surface area contributed by atoms with Crippen molar-refractivity contribution in [2.45, 2.75) is 0 Å². The summed E-state index contributed by atoms with van der Waals surface area (Å²) in [5, 5.41) is 4.09. The summed E-state index contributed by atoms with van der Waals surface area (Å²) in [6, 6.07) is 18.4. The molecule has 2 aromatic carbocycles. The molecule has 0 amide bonds. The Morgan fingerprint density at radius 2 is 1.88 bits per heavy atom. The van der Waals surface area contributed by atoms with Crippen LogP contribution in [0, 0.1) is 0 Å². The van der Waals surface area contributed by atoms with Gasteiger partial charge in [0.2, 0.25) is 5.95 Å². The molecule has 0 fully saturated rings. The molecule has 0 unspecified atom stereocenters. The van der Waals surface area contributed by atoms with Gasteiger partial charge in [-0.1, -0.05) is 30.3 Å². The van der Waals surface area contributed by atoms with Crippen LogP contribution in [0.4, 0.5) is 5.95 Å². The topological polar surface area (TPSA) is 79.4 Å². The number of hydrazone groups is 1. The summed E-state index contributed by atoms with van der Waals surface area (Å²) in [6.07, 6.45) is 1.63. The van der Waals surface area contributed by atoms with Crippen molar-refractivity contribution in [3.63, 3.8) is 0 Å². The van der Waals surface area contributed by atoms with Crippen molar-refractivity contribution in [1.82, 2.24) is 9.97 Å². The molecule has 0 atom stereocenters. The Hall–Kier alpha value is -3.41. The monoisotopic (exact) mass is 320 g/mol. The summed E-state index contributed by atoms with van der Waals surface area (Å²) in [7, 11) is 1.62. The van der Waals surface area contributed by atoms with E-state index in [1.807, 2.05) is 54.6 Å². The average molecular weight is 320 g/mol. The maximum Gasteiger partial charge on any atom is 0.252 e. The number of nitrogens with one attached hydrogen (secondary N) is 2. The largest absolute Gasteiger partial charge is 0.497 e. The normalized spacial score (nSPS) is 10.7. The van der Waals surface area contributed by atoms with Gasteiger partial charge in [-0.3, -0.25) is 9.78 Å². The number of hydrogen-bond donors (Lipinski definition) is 2. The Labute approximate surface area is 138 Å². The Morgan fingerprint density at radius 3 is 2.58 bits per heavy atom. The van der Waals surface area contributed by atoms with Crippen LogP contribution < -0.4 is 15.7 Å². The first kappa shape index (κ1) is 15.5. The molecule has 1 heterocycles. The Bertz CT molecular complexity index is 887. The molecule has 3 rings (SSSR count). The zero-order chi connectivity index (χ0) is 16.8. The van der Waals surface area contributed by atoms with Gasteiger partial charge < -0.3 is 4.74 Å². The molecule has 0 saturated heterocycles. The smallest absolute Gasteiger partial charge is 0.252 e. The molecule has 6 nitrogen and oxygen atoms in total. The fraction of sp³-hybridized carbons (Fsp3) is 0.0556. The van der Waals surface area contributed by atoms with E-state index in [9.17, 15) is 4.79 Å². The van der Waals surface area contributed by atoms with E-state index in [2.05, 4.69) is 20.5 Å². The highest BCUT2D eigenvalue weighted by molar-refractivity contribution is 5.80. The zero-order valence-electron chi connectivity index (χ0n) is 13.1. The van der Waals surface area contributed by atoms with Crippen molar-refractivity contribution in [2.24, 2.45) is 5.10 Å². The first-order valence-electron chi connectivity index (χ1n) is 7.34. The minimum atomic E-state index is -0.244. The maximum atomic E-state index is 11.8. The molecular formula is C18H16N4O2.